The monoisotopic (exact) mass is 499 g/mol. The van der Waals surface area contributed by atoms with Crippen LogP contribution >= 0.6 is 0 Å². The van der Waals surface area contributed by atoms with Crippen molar-refractivity contribution in [1.82, 2.24) is 19.1 Å². The zero-order valence-electron chi connectivity index (χ0n) is 18.4. The Morgan fingerprint density at radius 2 is 2.03 bits per heavy atom. The number of nitrogens with one attached hydrogen (secondary N) is 2. The minimum atomic E-state index is -3.79. The first-order chi connectivity index (χ1) is 16.8. The summed E-state index contributed by atoms with van der Waals surface area (Å²) in [5.41, 5.74) is 2.71. The third-order valence-corrected chi connectivity index (χ3v) is 6.44. The van der Waals surface area contributed by atoms with Gasteiger partial charge in [-0.1, -0.05) is 0 Å². The summed E-state index contributed by atoms with van der Waals surface area (Å²) in [6, 6.07) is 5.58. The largest absolute Gasteiger partial charge is 0.472 e. The van der Waals surface area contributed by atoms with E-state index in [0.29, 0.717) is 48.5 Å². The van der Waals surface area contributed by atoms with Gasteiger partial charge in [0, 0.05) is 43.3 Å². The molecule has 4 aromatic rings. The molecule has 0 radical (unpaired) electrons. The van der Waals surface area contributed by atoms with Gasteiger partial charge in [-0.05, 0) is 37.1 Å². The number of halogens is 1. The molecule has 0 atom stereocenters. The third kappa shape index (κ3) is 5.01. The van der Waals surface area contributed by atoms with Crippen molar-refractivity contribution in [2.75, 3.05) is 23.3 Å². The average Bonchev–Trinajstić information content (AvgIpc) is 3.50. The first kappa shape index (κ1) is 23.0. The molecule has 4 N–H and O–H groups in total. The number of carbonyl (C=O) groups is 1. The molecule has 11 nitrogen and oxygen atoms in total. The lowest BCUT2D eigenvalue weighted by atomic mass is 10.0. The van der Waals surface area contributed by atoms with Gasteiger partial charge in [0.2, 0.25) is 0 Å². The van der Waals surface area contributed by atoms with Gasteiger partial charge >= 0.3 is 0 Å². The molecular formula is C22H22FN7O4S. The number of hydrogen-bond donors (Lipinski definition) is 3. The molecule has 0 saturated carbocycles. The van der Waals surface area contributed by atoms with Crippen LogP contribution in [0.2, 0.25) is 0 Å². The van der Waals surface area contributed by atoms with Crippen LogP contribution in [0.3, 0.4) is 0 Å². The second-order valence-corrected chi connectivity index (χ2v) is 9.51. The Balaban J connectivity index is 1.40. The summed E-state index contributed by atoms with van der Waals surface area (Å²) >= 11 is 0. The van der Waals surface area contributed by atoms with E-state index in [0.717, 1.165) is 0 Å². The number of amides is 1. The van der Waals surface area contributed by atoms with Gasteiger partial charge in [0.1, 0.15) is 17.2 Å². The molecule has 35 heavy (non-hydrogen) atoms. The fraction of sp³-hybridized carbons (Fsp3) is 0.227. The van der Waals surface area contributed by atoms with Gasteiger partial charge in [0.15, 0.2) is 5.65 Å². The molecule has 1 saturated heterocycles. The Hall–Kier alpha value is -3.81. The van der Waals surface area contributed by atoms with Gasteiger partial charge in [0.05, 0.1) is 23.9 Å². The quantitative estimate of drug-likeness (QED) is 0.368. The maximum absolute atomic E-state index is 14.1. The van der Waals surface area contributed by atoms with Crippen LogP contribution in [0.15, 0.2) is 59.8 Å². The number of furan rings is 1. The molecule has 1 amide bonds. The molecule has 0 aliphatic carbocycles. The molecule has 13 heteroatoms. The maximum Gasteiger partial charge on any atom is 0.275 e. The van der Waals surface area contributed by atoms with E-state index in [4.69, 9.17) is 9.56 Å². The number of nitrogens with two attached hydrogens (primary N) is 1. The number of imidazole rings is 1. The van der Waals surface area contributed by atoms with Crippen molar-refractivity contribution in [2.45, 2.75) is 18.9 Å². The Morgan fingerprint density at radius 3 is 2.74 bits per heavy atom. The summed E-state index contributed by atoms with van der Waals surface area (Å²) in [5.74, 6) is -1.03. The Kier molecular flexibility index (Phi) is 5.96. The predicted octanol–water partition coefficient (Wildman–Crippen LogP) is 2.14. The van der Waals surface area contributed by atoms with Gasteiger partial charge in [-0.25, -0.2) is 19.5 Å². The minimum absolute atomic E-state index is 0.109. The van der Waals surface area contributed by atoms with Gasteiger partial charge in [0.25, 0.3) is 16.1 Å². The molecule has 1 aromatic carbocycles. The lowest BCUT2D eigenvalue weighted by Gasteiger charge is -2.34. The summed E-state index contributed by atoms with van der Waals surface area (Å²) in [5, 5.41) is 7.85. The highest BCUT2D eigenvalue weighted by Gasteiger charge is 2.24. The molecule has 0 unspecified atom stereocenters. The van der Waals surface area contributed by atoms with Gasteiger partial charge in [-0.15, -0.1) is 0 Å². The van der Waals surface area contributed by atoms with E-state index in [1.165, 1.54) is 24.7 Å². The fourth-order valence-electron chi connectivity index (χ4n) is 4.17. The molecule has 3 aromatic heterocycles. The van der Waals surface area contributed by atoms with Crippen LogP contribution in [0.25, 0.3) is 16.9 Å². The normalized spacial score (nSPS) is 15.0. The standard InChI is InChI=1S/C22H22FN7O4S/c23-15-1-2-19(29-7-3-16(4-8-29)28-35(24,32)33)17(11-15)27-22(31)18-12-30-9-6-25-21(30)20(26-18)14-5-10-34-13-14/h1-2,5-6,9-13,16,28H,3-4,7-8H2,(H,27,31)(H2,24,32,33). The van der Waals surface area contributed by atoms with Crippen molar-refractivity contribution in [3.8, 4) is 11.3 Å². The molecule has 1 aliphatic rings. The molecule has 0 spiro atoms. The summed E-state index contributed by atoms with van der Waals surface area (Å²) in [7, 11) is -3.79. The van der Waals surface area contributed by atoms with Crippen molar-refractivity contribution >= 4 is 33.1 Å². The Labute approximate surface area is 200 Å². The minimum Gasteiger partial charge on any atom is -0.472 e. The molecular weight excluding hydrogens is 477 g/mol. The van der Waals surface area contributed by atoms with Crippen molar-refractivity contribution in [2.24, 2.45) is 5.14 Å². The summed E-state index contributed by atoms with van der Waals surface area (Å²) in [6.45, 7) is 0.983. The van der Waals surface area contributed by atoms with Crippen molar-refractivity contribution < 1.29 is 22.0 Å². The van der Waals surface area contributed by atoms with Crippen LogP contribution in [-0.4, -0.2) is 47.8 Å². The Bertz CT molecular complexity index is 1480. The number of nitrogens with zero attached hydrogens (tertiary/aromatic N) is 4. The van der Waals surface area contributed by atoms with E-state index < -0.39 is 21.9 Å². The number of carbonyl (C=O) groups excluding carboxylic acids is 1. The van der Waals surface area contributed by atoms with Crippen LogP contribution in [0.4, 0.5) is 15.8 Å². The number of piperidine rings is 1. The number of anilines is 2. The number of hydrogen-bond acceptors (Lipinski definition) is 7. The van der Waals surface area contributed by atoms with E-state index in [9.17, 15) is 17.6 Å². The summed E-state index contributed by atoms with van der Waals surface area (Å²) in [6.07, 6.45) is 8.88. The van der Waals surface area contributed by atoms with Crippen LogP contribution in [0.1, 0.15) is 23.3 Å². The summed E-state index contributed by atoms with van der Waals surface area (Å²) in [4.78, 5) is 23.9. The van der Waals surface area contributed by atoms with Crippen LogP contribution in [0.5, 0.6) is 0 Å². The van der Waals surface area contributed by atoms with Crippen LogP contribution in [-0.2, 0) is 10.2 Å². The number of rotatable bonds is 6. The number of benzene rings is 1. The molecule has 1 fully saturated rings. The van der Waals surface area contributed by atoms with Crippen LogP contribution < -0.4 is 20.1 Å². The first-order valence-electron chi connectivity index (χ1n) is 10.8. The molecule has 4 heterocycles. The first-order valence-corrected chi connectivity index (χ1v) is 12.3. The molecule has 1 aliphatic heterocycles. The fourth-order valence-corrected chi connectivity index (χ4v) is 4.88. The van der Waals surface area contributed by atoms with E-state index in [1.54, 1.807) is 35.1 Å². The second kappa shape index (κ2) is 9.09. The molecule has 0 bridgehead atoms. The number of fused-ring (bicyclic) bond motifs is 1. The van der Waals surface area contributed by atoms with E-state index >= 15 is 0 Å². The lowest BCUT2D eigenvalue weighted by molar-refractivity contribution is 0.102. The highest BCUT2D eigenvalue weighted by Crippen LogP contribution is 2.30. The lowest BCUT2D eigenvalue weighted by Crippen LogP contribution is -2.46. The van der Waals surface area contributed by atoms with Crippen molar-refractivity contribution in [3.05, 3.63) is 66.9 Å². The molecule has 5 rings (SSSR count). The topological polar surface area (TPSA) is 148 Å². The third-order valence-electron chi connectivity index (χ3n) is 5.77. The molecule has 182 valence electrons. The van der Waals surface area contributed by atoms with Gasteiger partial charge in [-0.2, -0.15) is 13.1 Å². The SMILES string of the molecule is NS(=O)(=O)NC1CCN(c2ccc(F)cc2NC(=O)c2cn3ccnc3c(-c3ccoc3)n2)CC1. The van der Waals surface area contributed by atoms with Crippen LogP contribution in [0, 0.1) is 5.82 Å². The average molecular weight is 500 g/mol. The van der Waals surface area contributed by atoms with Gasteiger partial charge in [-0.3, -0.25) is 4.79 Å². The van der Waals surface area contributed by atoms with Crippen molar-refractivity contribution in [3.63, 3.8) is 0 Å². The highest BCUT2D eigenvalue weighted by atomic mass is 32.2. The van der Waals surface area contributed by atoms with E-state index in [-0.39, 0.29) is 17.4 Å². The smallest absolute Gasteiger partial charge is 0.275 e. The zero-order valence-corrected chi connectivity index (χ0v) is 19.2. The summed E-state index contributed by atoms with van der Waals surface area (Å²) < 4.78 is 46.0. The van der Waals surface area contributed by atoms with Gasteiger partial charge < -0.3 is 19.0 Å². The maximum atomic E-state index is 14.1. The van der Waals surface area contributed by atoms with Crippen molar-refractivity contribution in [1.29, 1.82) is 0 Å². The van der Waals surface area contributed by atoms with E-state index in [1.807, 2.05) is 4.90 Å². The zero-order chi connectivity index (χ0) is 24.6. The number of aromatic nitrogens is 3. The van der Waals surface area contributed by atoms with E-state index in [2.05, 4.69) is 20.0 Å². The Morgan fingerprint density at radius 1 is 1.23 bits per heavy atom. The highest BCUT2D eigenvalue weighted by molar-refractivity contribution is 7.87. The predicted molar refractivity (Wildman–Crippen MR) is 127 cm³/mol. The second-order valence-electron chi connectivity index (χ2n) is 8.18.